The van der Waals surface area contributed by atoms with Gasteiger partial charge in [0.1, 0.15) is 0 Å². The van der Waals surface area contributed by atoms with Crippen LogP contribution in [0.5, 0.6) is 0 Å². The molecule has 1 fully saturated rings. The van der Waals surface area contributed by atoms with E-state index in [2.05, 4.69) is 15.9 Å². The fourth-order valence-electron chi connectivity index (χ4n) is 2.47. The fourth-order valence-corrected chi connectivity index (χ4v) is 4.90. The van der Waals surface area contributed by atoms with Crippen molar-refractivity contribution in [1.29, 1.82) is 0 Å². The van der Waals surface area contributed by atoms with Crippen molar-refractivity contribution in [3.05, 3.63) is 27.7 Å². The van der Waals surface area contributed by atoms with Gasteiger partial charge in [0.15, 0.2) is 0 Å². The maximum atomic E-state index is 12.7. The van der Waals surface area contributed by atoms with Crippen LogP contribution in [0.25, 0.3) is 0 Å². The third-order valence-corrected chi connectivity index (χ3v) is 6.52. The fraction of sp³-hybridized carbons (Fsp3) is 0.538. The van der Waals surface area contributed by atoms with Crippen molar-refractivity contribution in [3.63, 3.8) is 0 Å². The Morgan fingerprint density at radius 2 is 2.05 bits per heavy atom. The lowest BCUT2D eigenvalue weighted by molar-refractivity contribution is 0.213. The third-order valence-electron chi connectivity index (χ3n) is 3.58. The van der Waals surface area contributed by atoms with Gasteiger partial charge in [-0.15, -0.1) is 0 Å². The lowest BCUT2D eigenvalue weighted by Gasteiger charge is -2.23. The van der Waals surface area contributed by atoms with Crippen molar-refractivity contribution in [2.45, 2.75) is 37.6 Å². The molecule has 0 aliphatic carbocycles. The summed E-state index contributed by atoms with van der Waals surface area (Å²) in [7, 11) is -3.52. The summed E-state index contributed by atoms with van der Waals surface area (Å²) < 4.78 is 27.7. The molecule has 0 bridgehead atoms. The highest BCUT2D eigenvalue weighted by atomic mass is 79.9. The molecule has 0 unspecified atom stereocenters. The zero-order valence-electron chi connectivity index (χ0n) is 11.1. The van der Waals surface area contributed by atoms with E-state index in [0.717, 1.165) is 28.4 Å². The van der Waals surface area contributed by atoms with Crippen LogP contribution in [0.3, 0.4) is 0 Å². The minimum absolute atomic E-state index is 0.117. The Bertz CT molecular complexity index is 586. The number of nitrogens with zero attached hydrogens (tertiary/aromatic N) is 1. The Hall–Kier alpha value is -0.430. The van der Waals surface area contributed by atoms with Crippen molar-refractivity contribution >= 4 is 26.0 Å². The van der Waals surface area contributed by atoms with Gasteiger partial charge in [-0.3, -0.25) is 0 Å². The van der Waals surface area contributed by atoms with Crippen molar-refractivity contribution in [3.8, 4) is 0 Å². The number of sulfonamides is 1. The maximum absolute atomic E-state index is 12.7. The summed E-state index contributed by atoms with van der Waals surface area (Å²) in [4.78, 5) is 0.341. The Morgan fingerprint density at radius 3 is 2.68 bits per heavy atom. The van der Waals surface area contributed by atoms with Gasteiger partial charge in [0.2, 0.25) is 10.0 Å². The second-order valence-electron chi connectivity index (χ2n) is 4.96. The molecule has 1 saturated heterocycles. The second kappa shape index (κ2) is 5.52. The standard InChI is InChI=1S/C13H18BrNO3S/c1-9-7-13(10(2)6-12(9)14)19(17,18)15-5-3-4-11(15)8-16/h6-7,11,16H,3-5,8H2,1-2H3/t11-/m1/s1. The van der Waals surface area contributed by atoms with E-state index in [4.69, 9.17) is 0 Å². The molecule has 1 aliphatic heterocycles. The van der Waals surface area contributed by atoms with Gasteiger partial charge < -0.3 is 5.11 Å². The van der Waals surface area contributed by atoms with E-state index in [-0.39, 0.29) is 12.6 Å². The van der Waals surface area contributed by atoms with Crippen molar-refractivity contribution in [2.24, 2.45) is 0 Å². The summed E-state index contributed by atoms with van der Waals surface area (Å²) in [5.41, 5.74) is 1.62. The van der Waals surface area contributed by atoms with Gasteiger partial charge in [-0.2, -0.15) is 4.31 Å². The molecule has 6 heteroatoms. The van der Waals surface area contributed by atoms with Gasteiger partial charge in [0.25, 0.3) is 0 Å². The van der Waals surface area contributed by atoms with Crippen molar-refractivity contribution in [1.82, 2.24) is 4.31 Å². The molecule has 0 radical (unpaired) electrons. The molecule has 2 rings (SSSR count). The molecule has 1 N–H and O–H groups in total. The molecular weight excluding hydrogens is 330 g/mol. The lowest BCUT2D eigenvalue weighted by atomic mass is 10.2. The number of aryl methyl sites for hydroxylation is 2. The normalized spacial score (nSPS) is 20.9. The molecule has 1 aliphatic rings. The van der Waals surface area contributed by atoms with Gasteiger partial charge >= 0.3 is 0 Å². The molecular formula is C13H18BrNO3S. The average Bonchev–Trinajstić information content (AvgIpc) is 2.82. The number of benzene rings is 1. The predicted octanol–water partition coefficient (Wildman–Crippen LogP) is 2.21. The van der Waals surface area contributed by atoms with E-state index in [1.54, 1.807) is 13.0 Å². The van der Waals surface area contributed by atoms with Crippen molar-refractivity contribution in [2.75, 3.05) is 13.2 Å². The number of hydrogen-bond donors (Lipinski definition) is 1. The molecule has 0 aromatic heterocycles. The summed E-state index contributed by atoms with van der Waals surface area (Å²) in [5, 5.41) is 9.30. The van der Waals surface area contributed by atoms with Gasteiger partial charge in [-0.25, -0.2) is 8.42 Å². The highest BCUT2D eigenvalue weighted by Gasteiger charge is 2.35. The van der Waals surface area contributed by atoms with Crippen LogP contribution in [0.15, 0.2) is 21.5 Å². The van der Waals surface area contributed by atoms with Crippen LogP contribution in [0.4, 0.5) is 0 Å². The lowest BCUT2D eigenvalue weighted by Crippen LogP contribution is -2.37. The molecule has 1 atom stereocenters. The molecule has 106 valence electrons. The summed E-state index contributed by atoms with van der Waals surface area (Å²) in [6.45, 7) is 4.03. The first-order valence-corrected chi connectivity index (χ1v) is 8.50. The second-order valence-corrected chi connectivity index (χ2v) is 7.67. The topological polar surface area (TPSA) is 57.6 Å². The van der Waals surface area contributed by atoms with Crippen LogP contribution >= 0.6 is 15.9 Å². The molecule has 1 aromatic carbocycles. The smallest absolute Gasteiger partial charge is 0.243 e. The van der Waals surface area contributed by atoms with Gasteiger partial charge in [0, 0.05) is 17.1 Å². The summed E-state index contributed by atoms with van der Waals surface area (Å²) in [6.07, 6.45) is 1.53. The largest absolute Gasteiger partial charge is 0.395 e. The third kappa shape index (κ3) is 2.72. The van der Waals surface area contributed by atoms with E-state index in [0.29, 0.717) is 11.4 Å². The van der Waals surface area contributed by atoms with Crippen LogP contribution in [-0.4, -0.2) is 37.0 Å². The SMILES string of the molecule is Cc1cc(S(=O)(=O)N2CCC[C@@H]2CO)c(C)cc1Br. The molecule has 4 nitrogen and oxygen atoms in total. The van der Waals surface area contributed by atoms with E-state index >= 15 is 0 Å². The summed E-state index contributed by atoms with van der Waals surface area (Å²) in [6, 6.07) is 3.24. The minimum atomic E-state index is -3.52. The Labute approximate surface area is 122 Å². The van der Waals surface area contributed by atoms with Crippen LogP contribution in [-0.2, 0) is 10.0 Å². The molecule has 0 spiro atoms. The van der Waals surface area contributed by atoms with Crippen LogP contribution in [0.1, 0.15) is 24.0 Å². The first-order valence-electron chi connectivity index (χ1n) is 6.27. The zero-order chi connectivity index (χ0) is 14.2. The van der Waals surface area contributed by atoms with E-state index in [9.17, 15) is 13.5 Å². The highest BCUT2D eigenvalue weighted by Crippen LogP contribution is 2.30. The van der Waals surface area contributed by atoms with E-state index < -0.39 is 10.0 Å². The number of rotatable bonds is 3. The van der Waals surface area contributed by atoms with Gasteiger partial charge in [-0.05, 0) is 49.9 Å². The summed E-state index contributed by atoms with van der Waals surface area (Å²) >= 11 is 3.41. The highest BCUT2D eigenvalue weighted by molar-refractivity contribution is 9.10. The molecule has 19 heavy (non-hydrogen) atoms. The first-order chi connectivity index (χ1) is 8.87. The summed E-state index contributed by atoms with van der Waals surface area (Å²) in [5.74, 6) is 0. The van der Waals surface area contributed by atoms with E-state index in [1.165, 1.54) is 4.31 Å². The van der Waals surface area contributed by atoms with E-state index in [1.807, 2.05) is 13.0 Å². The zero-order valence-corrected chi connectivity index (χ0v) is 13.5. The quantitative estimate of drug-likeness (QED) is 0.911. The van der Waals surface area contributed by atoms with Gasteiger partial charge in [-0.1, -0.05) is 15.9 Å². The number of halogens is 1. The Kier molecular flexibility index (Phi) is 4.35. The van der Waals surface area contributed by atoms with Crippen LogP contribution in [0.2, 0.25) is 0 Å². The molecule has 1 heterocycles. The number of aliphatic hydroxyl groups excluding tert-OH is 1. The predicted molar refractivity (Wildman–Crippen MR) is 77.6 cm³/mol. The molecule has 0 amide bonds. The molecule has 0 saturated carbocycles. The molecule has 1 aromatic rings. The van der Waals surface area contributed by atoms with Crippen molar-refractivity contribution < 1.29 is 13.5 Å². The monoisotopic (exact) mass is 347 g/mol. The minimum Gasteiger partial charge on any atom is -0.395 e. The Morgan fingerprint density at radius 1 is 1.37 bits per heavy atom. The first kappa shape index (κ1) is 15.0. The number of aliphatic hydroxyl groups is 1. The maximum Gasteiger partial charge on any atom is 0.243 e. The van der Waals surface area contributed by atoms with Crippen LogP contribution in [0, 0.1) is 13.8 Å². The Balaban J connectivity index is 2.48. The van der Waals surface area contributed by atoms with Gasteiger partial charge in [0.05, 0.1) is 11.5 Å². The van der Waals surface area contributed by atoms with Crippen LogP contribution < -0.4 is 0 Å². The number of hydrogen-bond acceptors (Lipinski definition) is 3. The average molecular weight is 348 g/mol.